The summed E-state index contributed by atoms with van der Waals surface area (Å²) in [6, 6.07) is 11.7. The van der Waals surface area contributed by atoms with Crippen LogP contribution in [0.15, 0.2) is 59.8 Å². The Morgan fingerprint density at radius 1 is 1.25 bits per heavy atom. The number of benzene rings is 1. The lowest BCUT2D eigenvalue weighted by Crippen LogP contribution is -2.07. The van der Waals surface area contributed by atoms with Crippen molar-refractivity contribution >= 4 is 29.1 Å². The van der Waals surface area contributed by atoms with Crippen molar-refractivity contribution in [3.63, 3.8) is 0 Å². The lowest BCUT2D eigenvalue weighted by molar-refractivity contribution is -0.384. The van der Waals surface area contributed by atoms with Gasteiger partial charge < -0.3 is 9.14 Å². The minimum atomic E-state index is -0.461. The molecule has 0 spiro atoms. The molecule has 0 atom stereocenters. The van der Waals surface area contributed by atoms with Crippen molar-refractivity contribution in [2.75, 3.05) is 5.75 Å². The average Bonchev–Trinajstić information content (AvgIpc) is 3.01. The van der Waals surface area contributed by atoms with E-state index in [9.17, 15) is 14.9 Å². The number of ether oxygens (including phenoxy) is 1. The molecule has 0 aliphatic heterocycles. The van der Waals surface area contributed by atoms with E-state index in [1.54, 1.807) is 12.1 Å². The normalized spacial score (nSPS) is 10.7. The summed E-state index contributed by atoms with van der Waals surface area (Å²) in [5.74, 6) is -0.235. The molecule has 2 heterocycles. The molecule has 7 nitrogen and oxygen atoms in total. The van der Waals surface area contributed by atoms with Crippen LogP contribution >= 0.6 is 11.8 Å². The molecule has 0 saturated carbocycles. The fourth-order valence-corrected chi connectivity index (χ4v) is 2.76. The predicted octanol–water partition coefficient (Wildman–Crippen LogP) is 3.08. The summed E-state index contributed by atoms with van der Waals surface area (Å²) in [5, 5.41) is 10.6. The lowest BCUT2D eigenvalue weighted by atomic mass is 10.3. The van der Waals surface area contributed by atoms with E-state index in [-0.39, 0.29) is 24.0 Å². The van der Waals surface area contributed by atoms with Gasteiger partial charge in [-0.2, -0.15) is 0 Å². The van der Waals surface area contributed by atoms with E-state index in [4.69, 9.17) is 4.74 Å². The van der Waals surface area contributed by atoms with Gasteiger partial charge in [-0.05, 0) is 24.3 Å². The molecule has 0 aliphatic rings. The van der Waals surface area contributed by atoms with Gasteiger partial charge in [-0.15, -0.1) is 11.8 Å². The Hall–Kier alpha value is -2.87. The molecule has 0 aliphatic carbocycles. The molecular formula is C16H13N3O4S. The molecule has 122 valence electrons. The fourth-order valence-electron chi connectivity index (χ4n) is 2.06. The van der Waals surface area contributed by atoms with Crippen LogP contribution in [0.3, 0.4) is 0 Å². The van der Waals surface area contributed by atoms with E-state index in [0.29, 0.717) is 5.69 Å². The molecule has 0 amide bonds. The zero-order valence-corrected chi connectivity index (χ0v) is 13.3. The van der Waals surface area contributed by atoms with Crippen LogP contribution in [-0.4, -0.2) is 26.0 Å². The van der Waals surface area contributed by atoms with Crippen LogP contribution in [0.2, 0.25) is 0 Å². The molecular weight excluding hydrogens is 330 g/mol. The second kappa shape index (κ2) is 7.14. The number of nitro benzene ring substituents is 1. The van der Waals surface area contributed by atoms with Crippen LogP contribution in [0.5, 0.6) is 0 Å². The van der Waals surface area contributed by atoms with Gasteiger partial charge in [0.1, 0.15) is 12.3 Å². The van der Waals surface area contributed by atoms with Crippen molar-refractivity contribution < 1.29 is 14.5 Å². The highest BCUT2D eigenvalue weighted by Crippen LogP contribution is 2.21. The van der Waals surface area contributed by atoms with Crippen molar-refractivity contribution in [1.82, 2.24) is 9.38 Å². The SMILES string of the molecule is O=C(CSc1ccc([N+](=O)[O-])cc1)OCc1cn2ccccc2n1. The van der Waals surface area contributed by atoms with Crippen LogP contribution in [0.4, 0.5) is 5.69 Å². The van der Waals surface area contributed by atoms with Crippen LogP contribution in [-0.2, 0) is 16.1 Å². The second-order valence-electron chi connectivity index (χ2n) is 4.90. The number of hydrogen-bond acceptors (Lipinski definition) is 6. The Bertz CT molecular complexity index is 843. The Morgan fingerprint density at radius 2 is 2.04 bits per heavy atom. The van der Waals surface area contributed by atoms with Crippen molar-refractivity contribution in [2.45, 2.75) is 11.5 Å². The summed E-state index contributed by atoms with van der Waals surface area (Å²) < 4.78 is 7.05. The topological polar surface area (TPSA) is 86.7 Å². The molecule has 2 aromatic heterocycles. The number of fused-ring (bicyclic) bond motifs is 1. The first-order chi connectivity index (χ1) is 11.6. The number of pyridine rings is 1. The predicted molar refractivity (Wildman–Crippen MR) is 88.8 cm³/mol. The monoisotopic (exact) mass is 343 g/mol. The standard InChI is InChI=1S/C16H13N3O4S/c20-16(11-24-14-6-4-13(5-7-14)19(21)22)23-10-12-9-18-8-2-1-3-15(18)17-12/h1-9H,10-11H2. The number of esters is 1. The van der Waals surface area contributed by atoms with Crippen molar-refractivity contribution in [1.29, 1.82) is 0 Å². The number of carbonyl (C=O) groups is 1. The summed E-state index contributed by atoms with van der Waals surface area (Å²) in [6.07, 6.45) is 3.68. The molecule has 3 aromatic rings. The first-order valence-electron chi connectivity index (χ1n) is 7.07. The maximum atomic E-state index is 11.8. The first kappa shape index (κ1) is 16.0. The molecule has 0 unspecified atom stereocenters. The Labute approximate surface area is 141 Å². The number of nitrogens with zero attached hydrogens (tertiary/aromatic N) is 3. The number of aromatic nitrogens is 2. The third-order valence-corrected chi connectivity index (χ3v) is 4.18. The maximum absolute atomic E-state index is 11.8. The van der Waals surface area contributed by atoms with Crippen LogP contribution < -0.4 is 0 Å². The van der Waals surface area contributed by atoms with Gasteiger partial charge in [0.2, 0.25) is 0 Å². The molecule has 24 heavy (non-hydrogen) atoms. The summed E-state index contributed by atoms with van der Waals surface area (Å²) in [7, 11) is 0. The molecule has 8 heteroatoms. The quantitative estimate of drug-likeness (QED) is 0.296. The van der Waals surface area contributed by atoms with Crippen molar-refractivity contribution in [2.24, 2.45) is 0 Å². The van der Waals surface area contributed by atoms with Gasteiger partial charge in [0.05, 0.1) is 16.4 Å². The van der Waals surface area contributed by atoms with Gasteiger partial charge in [0.15, 0.2) is 0 Å². The van der Waals surface area contributed by atoms with Crippen molar-refractivity contribution in [3.8, 4) is 0 Å². The van der Waals surface area contributed by atoms with Crippen LogP contribution in [0.1, 0.15) is 5.69 Å². The molecule has 0 fully saturated rings. The third kappa shape index (κ3) is 3.90. The minimum Gasteiger partial charge on any atom is -0.458 e. The second-order valence-corrected chi connectivity index (χ2v) is 5.95. The highest BCUT2D eigenvalue weighted by atomic mass is 32.2. The molecule has 1 aromatic carbocycles. The van der Waals surface area contributed by atoms with Crippen LogP contribution in [0, 0.1) is 10.1 Å². The number of non-ortho nitro benzene ring substituents is 1. The molecule has 3 rings (SSSR count). The van der Waals surface area contributed by atoms with E-state index in [1.165, 1.54) is 23.9 Å². The zero-order chi connectivity index (χ0) is 16.9. The van der Waals surface area contributed by atoms with E-state index < -0.39 is 4.92 Å². The minimum absolute atomic E-state index is 0.0220. The number of thioether (sulfide) groups is 1. The van der Waals surface area contributed by atoms with E-state index in [1.807, 2.05) is 35.0 Å². The van der Waals surface area contributed by atoms with E-state index in [2.05, 4.69) is 4.98 Å². The number of nitro groups is 1. The van der Waals surface area contributed by atoms with Crippen LogP contribution in [0.25, 0.3) is 5.65 Å². The van der Waals surface area contributed by atoms with Crippen molar-refractivity contribution in [3.05, 3.63) is 70.7 Å². The average molecular weight is 343 g/mol. The van der Waals surface area contributed by atoms with Gasteiger partial charge in [-0.3, -0.25) is 14.9 Å². The maximum Gasteiger partial charge on any atom is 0.316 e. The van der Waals surface area contributed by atoms with Gasteiger partial charge >= 0.3 is 5.97 Å². The molecule has 0 radical (unpaired) electrons. The fraction of sp³-hybridized carbons (Fsp3) is 0.125. The third-order valence-electron chi connectivity index (χ3n) is 3.20. The van der Waals surface area contributed by atoms with E-state index in [0.717, 1.165) is 10.5 Å². The van der Waals surface area contributed by atoms with Gasteiger partial charge in [0.25, 0.3) is 5.69 Å². The summed E-state index contributed by atoms with van der Waals surface area (Å²) in [4.78, 5) is 27.0. The number of hydrogen-bond donors (Lipinski definition) is 0. The smallest absolute Gasteiger partial charge is 0.316 e. The lowest BCUT2D eigenvalue weighted by Gasteiger charge is -2.03. The zero-order valence-electron chi connectivity index (χ0n) is 12.5. The van der Waals surface area contributed by atoms with E-state index >= 15 is 0 Å². The first-order valence-corrected chi connectivity index (χ1v) is 8.06. The van der Waals surface area contributed by atoms with Gasteiger partial charge in [-0.1, -0.05) is 6.07 Å². The van der Waals surface area contributed by atoms with Gasteiger partial charge in [0, 0.05) is 29.4 Å². The highest BCUT2D eigenvalue weighted by molar-refractivity contribution is 8.00. The highest BCUT2D eigenvalue weighted by Gasteiger charge is 2.09. The molecule has 0 saturated heterocycles. The Kier molecular flexibility index (Phi) is 4.76. The Balaban J connectivity index is 1.49. The summed E-state index contributed by atoms with van der Waals surface area (Å²) >= 11 is 1.27. The molecule has 0 bridgehead atoms. The summed E-state index contributed by atoms with van der Waals surface area (Å²) in [5.41, 5.74) is 1.49. The Morgan fingerprint density at radius 3 is 2.75 bits per heavy atom. The number of rotatable bonds is 6. The largest absolute Gasteiger partial charge is 0.458 e. The molecule has 0 N–H and O–H groups in total. The number of carbonyl (C=O) groups excluding carboxylic acids is 1. The summed E-state index contributed by atoms with van der Waals surface area (Å²) in [6.45, 7) is 0.112. The van der Waals surface area contributed by atoms with Gasteiger partial charge in [-0.25, -0.2) is 4.98 Å². The number of imidazole rings is 1.